The number of amides is 2. The van der Waals surface area contributed by atoms with Crippen molar-refractivity contribution in [2.75, 3.05) is 38.6 Å². The highest BCUT2D eigenvalue weighted by molar-refractivity contribution is 7.89. The van der Waals surface area contributed by atoms with E-state index in [0.717, 1.165) is 17.1 Å². The first-order chi connectivity index (χ1) is 11.8. The third-order valence-electron chi connectivity index (χ3n) is 4.17. The number of hydrogen-bond acceptors (Lipinski definition) is 5. The molecule has 25 heavy (non-hydrogen) atoms. The van der Waals surface area contributed by atoms with Crippen LogP contribution >= 0.6 is 11.6 Å². The fourth-order valence-electron chi connectivity index (χ4n) is 2.79. The van der Waals surface area contributed by atoms with Crippen molar-refractivity contribution in [1.82, 2.24) is 9.21 Å². The van der Waals surface area contributed by atoms with Crippen molar-refractivity contribution in [1.29, 1.82) is 0 Å². The number of likely N-dealkylation sites (N-methyl/N-ethyl adjacent to an activating group) is 1. The van der Waals surface area contributed by atoms with Gasteiger partial charge < -0.3 is 15.0 Å². The molecule has 2 aliphatic heterocycles. The van der Waals surface area contributed by atoms with Crippen LogP contribution in [0, 0.1) is 0 Å². The van der Waals surface area contributed by atoms with Gasteiger partial charge in [-0.05, 0) is 18.9 Å². The van der Waals surface area contributed by atoms with E-state index >= 15 is 0 Å². The first-order valence-corrected chi connectivity index (χ1v) is 9.61. The third-order valence-corrected chi connectivity index (χ3v) is 6.44. The molecule has 0 aromatic heterocycles. The lowest BCUT2D eigenvalue weighted by Crippen LogP contribution is -2.39. The molecule has 2 aliphatic rings. The maximum Gasteiger partial charge on any atom is 0.262 e. The predicted octanol–water partition coefficient (Wildman–Crippen LogP) is 0.914. The monoisotopic (exact) mass is 387 g/mol. The van der Waals surface area contributed by atoms with Crippen LogP contribution in [0.2, 0.25) is 5.02 Å². The average Bonchev–Trinajstić information content (AvgIpc) is 3.08. The number of sulfonamides is 1. The number of carbonyl (C=O) groups excluding carboxylic acids is 2. The van der Waals surface area contributed by atoms with Crippen LogP contribution in [0.5, 0.6) is 5.75 Å². The molecule has 0 spiro atoms. The highest BCUT2D eigenvalue weighted by atomic mass is 35.5. The van der Waals surface area contributed by atoms with Crippen LogP contribution in [0.15, 0.2) is 17.0 Å². The minimum absolute atomic E-state index is 0.0509. The second-order valence-corrected chi connectivity index (χ2v) is 8.39. The summed E-state index contributed by atoms with van der Waals surface area (Å²) in [5, 5.41) is 2.51. The first kappa shape index (κ1) is 18.0. The van der Waals surface area contributed by atoms with Crippen LogP contribution in [-0.4, -0.2) is 62.7 Å². The van der Waals surface area contributed by atoms with Crippen molar-refractivity contribution >= 4 is 39.1 Å². The summed E-state index contributed by atoms with van der Waals surface area (Å²) in [6.45, 7) is 0.852. The highest BCUT2D eigenvalue weighted by Crippen LogP contribution is 2.36. The van der Waals surface area contributed by atoms with Gasteiger partial charge >= 0.3 is 0 Å². The van der Waals surface area contributed by atoms with E-state index in [-0.39, 0.29) is 40.6 Å². The van der Waals surface area contributed by atoms with E-state index in [0.29, 0.717) is 18.8 Å². The van der Waals surface area contributed by atoms with Gasteiger partial charge in [-0.1, -0.05) is 11.6 Å². The molecule has 0 radical (unpaired) electrons. The fraction of sp³-hybridized carbons (Fsp3) is 0.467. The maximum absolute atomic E-state index is 12.8. The Morgan fingerprint density at radius 3 is 2.72 bits per heavy atom. The standard InChI is InChI=1S/C15H18ClN3O5S/c1-18(8-15(21)19-4-2-3-5-19)25(22,23)13-7-12-11(6-10(13)16)17-14(20)9-24-12/h6-7H,2-5,8-9H2,1H3,(H,17,20). The molecule has 0 atom stereocenters. The minimum atomic E-state index is -3.98. The van der Waals surface area contributed by atoms with E-state index in [4.69, 9.17) is 16.3 Å². The van der Waals surface area contributed by atoms with E-state index in [1.807, 2.05) is 0 Å². The van der Waals surface area contributed by atoms with Crippen molar-refractivity contribution in [3.05, 3.63) is 17.2 Å². The normalized spacial score (nSPS) is 17.2. The van der Waals surface area contributed by atoms with Crippen LogP contribution in [0.3, 0.4) is 0 Å². The van der Waals surface area contributed by atoms with Crippen molar-refractivity contribution < 1.29 is 22.7 Å². The maximum atomic E-state index is 12.8. The Morgan fingerprint density at radius 1 is 1.36 bits per heavy atom. The molecule has 10 heteroatoms. The Balaban J connectivity index is 1.84. The fourth-order valence-corrected chi connectivity index (χ4v) is 4.42. The molecule has 0 aliphatic carbocycles. The summed E-state index contributed by atoms with van der Waals surface area (Å²) < 4.78 is 31.8. The molecule has 8 nitrogen and oxygen atoms in total. The number of nitrogens with zero attached hydrogens (tertiary/aromatic N) is 2. The molecule has 1 fully saturated rings. The molecule has 0 unspecified atom stereocenters. The number of hydrogen-bond donors (Lipinski definition) is 1. The highest BCUT2D eigenvalue weighted by Gasteiger charge is 2.30. The number of halogens is 1. The molecule has 1 aromatic rings. The number of benzene rings is 1. The van der Waals surface area contributed by atoms with Crippen molar-refractivity contribution in [3.63, 3.8) is 0 Å². The lowest BCUT2D eigenvalue weighted by molar-refractivity contribution is -0.130. The molecule has 1 N–H and O–H groups in total. The minimum Gasteiger partial charge on any atom is -0.482 e. The third kappa shape index (κ3) is 3.58. The van der Waals surface area contributed by atoms with Gasteiger partial charge in [-0.15, -0.1) is 0 Å². The molecule has 0 saturated carbocycles. The summed E-state index contributed by atoms with van der Waals surface area (Å²) in [7, 11) is -2.65. The summed E-state index contributed by atoms with van der Waals surface area (Å²) in [5.41, 5.74) is 0.316. The summed E-state index contributed by atoms with van der Waals surface area (Å²) in [6.07, 6.45) is 1.86. The topological polar surface area (TPSA) is 96.0 Å². The number of nitrogens with one attached hydrogen (secondary N) is 1. The summed E-state index contributed by atoms with van der Waals surface area (Å²) >= 11 is 6.09. The summed E-state index contributed by atoms with van der Waals surface area (Å²) in [5.74, 6) is -0.351. The van der Waals surface area contributed by atoms with E-state index in [1.54, 1.807) is 4.90 Å². The van der Waals surface area contributed by atoms with Gasteiger partial charge in [0.2, 0.25) is 15.9 Å². The van der Waals surface area contributed by atoms with Crippen molar-refractivity contribution in [2.45, 2.75) is 17.7 Å². The van der Waals surface area contributed by atoms with Crippen LogP contribution in [0.4, 0.5) is 5.69 Å². The number of carbonyl (C=O) groups is 2. The Hall–Kier alpha value is -1.84. The van der Waals surface area contributed by atoms with Gasteiger partial charge in [-0.3, -0.25) is 9.59 Å². The summed E-state index contributed by atoms with van der Waals surface area (Å²) in [4.78, 5) is 25.0. The van der Waals surface area contributed by atoms with Gasteiger partial charge in [0.15, 0.2) is 6.61 Å². The van der Waals surface area contributed by atoms with Gasteiger partial charge in [0, 0.05) is 26.2 Å². The van der Waals surface area contributed by atoms with Gasteiger partial charge in [-0.2, -0.15) is 4.31 Å². The zero-order valence-corrected chi connectivity index (χ0v) is 15.2. The quantitative estimate of drug-likeness (QED) is 0.828. The predicted molar refractivity (Wildman–Crippen MR) is 91.2 cm³/mol. The van der Waals surface area contributed by atoms with E-state index in [2.05, 4.69) is 5.32 Å². The second kappa shape index (κ2) is 6.81. The number of rotatable bonds is 4. The van der Waals surface area contributed by atoms with Crippen LogP contribution < -0.4 is 10.1 Å². The second-order valence-electron chi connectivity index (χ2n) is 5.96. The largest absolute Gasteiger partial charge is 0.482 e. The van der Waals surface area contributed by atoms with Crippen LogP contribution in [-0.2, 0) is 19.6 Å². The van der Waals surface area contributed by atoms with Gasteiger partial charge in [0.05, 0.1) is 17.3 Å². The molecule has 2 amide bonds. The molecule has 136 valence electrons. The van der Waals surface area contributed by atoms with E-state index in [9.17, 15) is 18.0 Å². The number of ether oxygens (including phenoxy) is 1. The van der Waals surface area contributed by atoms with Gasteiger partial charge in [-0.25, -0.2) is 8.42 Å². The number of fused-ring (bicyclic) bond motifs is 1. The Bertz CT molecular complexity index is 821. The molecule has 2 heterocycles. The van der Waals surface area contributed by atoms with Crippen molar-refractivity contribution in [2.24, 2.45) is 0 Å². The molecular formula is C15H18ClN3O5S. The lowest BCUT2D eigenvalue weighted by atomic mass is 10.2. The Kier molecular flexibility index (Phi) is 4.90. The van der Waals surface area contributed by atoms with Crippen molar-refractivity contribution in [3.8, 4) is 5.75 Å². The zero-order valence-electron chi connectivity index (χ0n) is 13.6. The molecule has 1 saturated heterocycles. The lowest BCUT2D eigenvalue weighted by Gasteiger charge is -2.23. The molecular weight excluding hydrogens is 370 g/mol. The Labute approximate surface area is 150 Å². The Morgan fingerprint density at radius 2 is 2.04 bits per heavy atom. The smallest absolute Gasteiger partial charge is 0.262 e. The SMILES string of the molecule is CN(CC(=O)N1CCCC1)S(=O)(=O)c1cc2c(cc1Cl)NC(=O)CO2. The van der Waals surface area contributed by atoms with Crippen LogP contribution in [0.1, 0.15) is 12.8 Å². The summed E-state index contributed by atoms with van der Waals surface area (Å²) in [6, 6.07) is 2.60. The van der Waals surface area contributed by atoms with Gasteiger partial charge in [0.25, 0.3) is 5.91 Å². The van der Waals surface area contributed by atoms with Gasteiger partial charge in [0.1, 0.15) is 10.6 Å². The number of likely N-dealkylation sites (tertiary alicyclic amines) is 1. The zero-order chi connectivity index (χ0) is 18.2. The number of anilines is 1. The molecule has 3 rings (SSSR count). The van der Waals surface area contributed by atoms with Crippen LogP contribution in [0.25, 0.3) is 0 Å². The first-order valence-electron chi connectivity index (χ1n) is 7.79. The average molecular weight is 388 g/mol. The molecule has 1 aromatic carbocycles. The molecule has 0 bridgehead atoms. The van der Waals surface area contributed by atoms with E-state index in [1.165, 1.54) is 19.2 Å². The van der Waals surface area contributed by atoms with E-state index < -0.39 is 10.0 Å².